The second kappa shape index (κ2) is 19.7. The number of hydrogen-bond donors (Lipinski definition) is 1. The molecule has 8 nitrogen and oxygen atoms in total. The van der Waals surface area contributed by atoms with E-state index in [2.05, 4.69) is 11.8 Å². The Balaban J connectivity index is 1.53. The topological polar surface area (TPSA) is 100 Å². The number of rotatable bonds is 18. The van der Waals surface area contributed by atoms with E-state index in [1.807, 2.05) is 91.0 Å². The van der Waals surface area contributed by atoms with Crippen LogP contribution in [0.15, 0.2) is 91.0 Å². The molecule has 4 rings (SSSR count). The Morgan fingerprint density at radius 1 is 0.711 bits per heavy atom. The van der Waals surface area contributed by atoms with Crippen LogP contribution in [0.3, 0.4) is 0 Å². The zero-order chi connectivity index (χ0) is 31.5. The highest BCUT2D eigenvalue weighted by Gasteiger charge is 2.53. The summed E-state index contributed by atoms with van der Waals surface area (Å²) in [5, 5.41) is 21.6. The van der Waals surface area contributed by atoms with Crippen molar-refractivity contribution < 1.29 is 29.0 Å². The molecule has 3 aromatic rings. The van der Waals surface area contributed by atoms with Crippen LogP contribution in [0.1, 0.15) is 61.6 Å². The molecule has 3 aromatic carbocycles. The van der Waals surface area contributed by atoms with Gasteiger partial charge in [-0.15, -0.1) is 5.92 Å². The molecule has 1 fully saturated rings. The van der Waals surface area contributed by atoms with Gasteiger partial charge >= 0.3 is 0 Å². The fraction of sp³-hybridized carbons (Fsp3) is 0.459. The van der Waals surface area contributed by atoms with Crippen molar-refractivity contribution in [3.8, 4) is 11.8 Å². The van der Waals surface area contributed by atoms with Gasteiger partial charge in [-0.3, -0.25) is 10.1 Å². The quantitative estimate of drug-likeness (QED) is 0.0753. The summed E-state index contributed by atoms with van der Waals surface area (Å²) in [6.07, 6.45) is 3.27. The Kier molecular flexibility index (Phi) is 15.0. The van der Waals surface area contributed by atoms with Crippen molar-refractivity contribution in [3.05, 3.63) is 118 Å². The smallest absolute Gasteiger partial charge is 0.278 e. The molecule has 1 aliphatic heterocycles. The highest BCUT2D eigenvalue weighted by molar-refractivity contribution is 5.17. The fourth-order valence-corrected chi connectivity index (χ4v) is 5.41. The van der Waals surface area contributed by atoms with Gasteiger partial charge in [0.25, 0.3) is 6.04 Å². The van der Waals surface area contributed by atoms with E-state index in [4.69, 9.17) is 24.1 Å². The maximum absolute atomic E-state index is 12.6. The van der Waals surface area contributed by atoms with Crippen molar-refractivity contribution in [1.29, 1.82) is 0 Å². The zero-order valence-corrected chi connectivity index (χ0v) is 25.9. The maximum atomic E-state index is 12.6. The van der Waals surface area contributed by atoms with Gasteiger partial charge in [-0.2, -0.15) is 0 Å². The Bertz CT molecular complexity index is 1300. The molecule has 240 valence electrons. The summed E-state index contributed by atoms with van der Waals surface area (Å²) in [5.74, 6) is 6.24. The van der Waals surface area contributed by atoms with Crippen molar-refractivity contribution in [2.75, 3.05) is 13.2 Å². The Morgan fingerprint density at radius 2 is 1.22 bits per heavy atom. The summed E-state index contributed by atoms with van der Waals surface area (Å²) < 4.78 is 25.3. The molecule has 0 spiro atoms. The number of hydrogen-bond acceptors (Lipinski definition) is 7. The third-order valence-corrected chi connectivity index (χ3v) is 7.82. The van der Waals surface area contributed by atoms with Crippen LogP contribution in [0.5, 0.6) is 0 Å². The lowest BCUT2D eigenvalue weighted by molar-refractivity contribution is -0.557. The second-order valence-electron chi connectivity index (χ2n) is 11.3. The molecule has 0 bridgehead atoms. The van der Waals surface area contributed by atoms with Gasteiger partial charge in [0.15, 0.2) is 12.2 Å². The molecular formula is C37H45NO7. The van der Waals surface area contributed by atoms with Crippen LogP contribution in [-0.2, 0) is 38.8 Å². The number of unbranched alkanes of at least 4 members (excludes halogenated alkanes) is 6. The summed E-state index contributed by atoms with van der Waals surface area (Å²) >= 11 is 0. The molecular weight excluding hydrogens is 570 g/mol. The van der Waals surface area contributed by atoms with Gasteiger partial charge in [0.1, 0.15) is 12.2 Å². The fourth-order valence-electron chi connectivity index (χ4n) is 5.41. The van der Waals surface area contributed by atoms with Crippen molar-refractivity contribution in [3.63, 3.8) is 0 Å². The molecule has 8 heteroatoms. The van der Waals surface area contributed by atoms with Gasteiger partial charge in [-0.1, -0.05) is 123 Å². The monoisotopic (exact) mass is 615 g/mol. The molecule has 45 heavy (non-hydrogen) atoms. The van der Waals surface area contributed by atoms with Crippen molar-refractivity contribution in [2.45, 2.75) is 95.2 Å². The number of benzene rings is 3. The summed E-state index contributed by atoms with van der Waals surface area (Å²) in [6.45, 7) is 1.20. The first-order valence-corrected chi connectivity index (χ1v) is 16.0. The third-order valence-electron chi connectivity index (χ3n) is 7.82. The first-order valence-electron chi connectivity index (χ1n) is 16.0. The van der Waals surface area contributed by atoms with E-state index in [1.165, 1.54) is 0 Å². The SMILES string of the molecule is O=[N+]([O-])[C@@H]1[C@@H](OCc2ccccc2)[C@@H](OCc2ccccc2)[C@@H](COCc2ccccc2)O[C@@H]1C#CCCCCCCCCO. The lowest BCUT2D eigenvalue weighted by Gasteiger charge is -2.41. The number of nitro groups is 1. The van der Waals surface area contributed by atoms with Crippen LogP contribution in [0.4, 0.5) is 0 Å². The number of nitrogens with zero attached hydrogens (tertiary/aromatic N) is 1. The molecule has 0 aliphatic carbocycles. The van der Waals surface area contributed by atoms with E-state index >= 15 is 0 Å². The molecule has 0 aromatic heterocycles. The molecule has 0 radical (unpaired) electrons. The third kappa shape index (κ3) is 11.7. The van der Waals surface area contributed by atoms with Crippen LogP contribution in [-0.4, -0.2) is 53.7 Å². The lowest BCUT2D eigenvalue weighted by atomic mass is 9.92. The predicted octanol–water partition coefficient (Wildman–Crippen LogP) is 6.51. The number of ether oxygens (including phenoxy) is 4. The summed E-state index contributed by atoms with van der Waals surface area (Å²) in [7, 11) is 0. The number of aliphatic hydroxyl groups excluding tert-OH is 1. The first kappa shape index (κ1) is 34.3. The molecule has 0 saturated carbocycles. The van der Waals surface area contributed by atoms with Crippen molar-refractivity contribution >= 4 is 0 Å². The highest BCUT2D eigenvalue weighted by Crippen LogP contribution is 2.30. The molecule has 0 amide bonds. The Labute approximate surface area is 266 Å². The van der Waals surface area contributed by atoms with Gasteiger partial charge in [0.05, 0.1) is 26.4 Å². The molecule has 1 N–H and O–H groups in total. The van der Waals surface area contributed by atoms with E-state index in [0.717, 1.165) is 55.2 Å². The average molecular weight is 616 g/mol. The molecule has 1 saturated heterocycles. The minimum Gasteiger partial charge on any atom is -0.396 e. The van der Waals surface area contributed by atoms with E-state index in [0.29, 0.717) is 13.0 Å². The Morgan fingerprint density at radius 3 is 1.78 bits per heavy atom. The minimum absolute atomic E-state index is 0.163. The van der Waals surface area contributed by atoms with Gasteiger partial charge in [-0.05, 0) is 29.5 Å². The Hall–Kier alpha value is -3.58. The second-order valence-corrected chi connectivity index (χ2v) is 11.3. The van der Waals surface area contributed by atoms with Crippen LogP contribution in [0, 0.1) is 22.0 Å². The standard InChI is InChI=1S/C37H45NO7/c39-25-17-6-4-2-1-3-5-16-24-33-35(38(40)41)37(44-28-32-22-14-9-15-23-32)36(43-27-31-20-12-8-13-21-31)34(45-33)29-42-26-30-18-10-7-11-19-30/h7-15,18-23,33-37,39H,1-6,17,25-29H2/t33-,34-,35+,36+,37-/m1/s1. The lowest BCUT2D eigenvalue weighted by Crippen LogP contribution is -2.62. The summed E-state index contributed by atoms with van der Waals surface area (Å²) in [4.78, 5) is 12.3. The van der Waals surface area contributed by atoms with E-state index < -0.39 is 30.5 Å². The van der Waals surface area contributed by atoms with Gasteiger partial charge in [0.2, 0.25) is 0 Å². The van der Waals surface area contributed by atoms with Crippen molar-refractivity contribution in [2.24, 2.45) is 0 Å². The van der Waals surface area contributed by atoms with E-state index in [9.17, 15) is 10.1 Å². The maximum Gasteiger partial charge on any atom is 0.278 e. The largest absolute Gasteiger partial charge is 0.396 e. The molecule has 5 atom stereocenters. The van der Waals surface area contributed by atoms with Crippen LogP contribution in [0.2, 0.25) is 0 Å². The highest BCUT2D eigenvalue weighted by atomic mass is 16.7. The molecule has 1 heterocycles. The van der Waals surface area contributed by atoms with E-state index in [-0.39, 0.29) is 31.4 Å². The summed E-state index contributed by atoms with van der Waals surface area (Å²) in [5.41, 5.74) is 2.87. The minimum atomic E-state index is -1.24. The molecule has 1 aliphatic rings. The number of aliphatic hydroxyl groups is 1. The van der Waals surface area contributed by atoms with Gasteiger partial charge in [-0.25, -0.2) is 0 Å². The summed E-state index contributed by atoms with van der Waals surface area (Å²) in [6, 6.07) is 27.9. The first-order chi connectivity index (χ1) is 22.2. The van der Waals surface area contributed by atoms with Crippen molar-refractivity contribution in [1.82, 2.24) is 0 Å². The molecule has 0 unspecified atom stereocenters. The van der Waals surface area contributed by atoms with Gasteiger partial charge < -0.3 is 24.1 Å². The van der Waals surface area contributed by atoms with Crippen LogP contribution >= 0.6 is 0 Å². The normalized spacial score (nSPS) is 21.1. The van der Waals surface area contributed by atoms with E-state index in [1.54, 1.807) is 0 Å². The predicted molar refractivity (Wildman–Crippen MR) is 173 cm³/mol. The van der Waals surface area contributed by atoms with Gasteiger partial charge in [0, 0.05) is 18.0 Å². The average Bonchev–Trinajstić information content (AvgIpc) is 3.07. The zero-order valence-electron chi connectivity index (χ0n) is 25.9. The van der Waals surface area contributed by atoms with Crippen LogP contribution < -0.4 is 0 Å². The van der Waals surface area contributed by atoms with Crippen LogP contribution in [0.25, 0.3) is 0 Å².